The lowest BCUT2D eigenvalue weighted by atomic mass is 9.68. The fourth-order valence-corrected chi connectivity index (χ4v) is 5.67. The van der Waals surface area contributed by atoms with Crippen molar-refractivity contribution in [2.45, 2.75) is 111 Å². The fourth-order valence-electron chi connectivity index (χ4n) is 5.67. The molecule has 30 heavy (non-hydrogen) atoms. The summed E-state index contributed by atoms with van der Waals surface area (Å²) in [5.41, 5.74) is -0.0641. The molecule has 0 bridgehead atoms. The molecule has 5 atom stereocenters. The SMILES string of the molecule is C=[N+]([CH-]CC)CCCC(C)(CCC)C(=O)[C@@H]1CC(C)(CC2CC[C@@H](C)NC2)CCO1. The Hall–Kier alpha value is -0.870. The van der Waals surface area contributed by atoms with Gasteiger partial charge in [-0.05, 0) is 82.9 Å². The van der Waals surface area contributed by atoms with Gasteiger partial charge in [0.2, 0.25) is 0 Å². The third-order valence-corrected chi connectivity index (χ3v) is 7.55. The molecular formula is C26H48N2O2. The van der Waals surface area contributed by atoms with Crippen LogP contribution in [0.5, 0.6) is 0 Å². The molecule has 2 aliphatic heterocycles. The lowest BCUT2D eigenvalue weighted by molar-refractivity contribution is -0.480. The van der Waals surface area contributed by atoms with Gasteiger partial charge in [0, 0.05) is 31.0 Å². The second kappa shape index (κ2) is 11.7. The maximum Gasteiger partial charge on any atom is 0.167 e. The first-order chi connectivity index (χ1) is 14.2. The molecular weight excluding hydrogens is 372 g/mol. The molecule has 0 radical (unpaired) electrons. The molecule has 0 saturated carbocycles. The zero-order valence-electron chi connectivity index (χ0n) is 20.5. The number of nitrogens with one attached hydrogen (secondary N) is 1. The Morgan fingerprint density at radius 2 is 2.10 bits per heavy atom. The van der Waals surface area contributed by atoms with Crippen LogP contribution in [-0.4, -0.2) is 48.9 Å². The Bertz CT molecular complexity index is 555. The van der Waals surface area contributed by atoms with E-state index in [1.54, 1.807) is 0 Å². The molecule has 4 nitrogen and oxygen atoms in total. The predicted octanol–water partition coefficient (Wildman–Crippen LogP) is 5.39. The topological polar surface area (TPSA) is 41.3 Å². The molecule has 2 fully saturated rings. The Morgan fingerprint density at radius 3 is 2.73 bits per heavy atom. The Labute approximate surface area is 186 Å². The number of hydrogen-bond acceptors (Lipinski definition) is 3. The van der Waals surface area contributed by atoms with Crippen LogP contribution in [0.25, 0.3) is 0 Å². The smallest absolute Gasteiger partial charge is 0.167 e. The van der Waals surface area contributed by atoms with Crippen molar-refractivity contribution in [3.63, 3.8) is 0 Å². The number of carbonyl (C=O) groups excluding carboxylic acids is 1. The fraction of sp³-hybridized carbons (Fsp3) is 0.885. The normalized spacial score (nSPS) is 31.7. The van der Waals surface area contributed by atoms with Crippen LogP contribution < -0.4 is 5.32 Å². The molecule has 1 N–H and O–H groups in total. The molecule has 3 unspecified atom stereocenters. The minimum Gasteiger partial charge on any atom is -0.372 e. The van der Waals surface area contributed by atoms with Gasteiger partial charge in [0.15, 0.2) is 5.78 Å². The molecule has 2 saturated heterocycles. The van der Waals surface area contributed by atoms with Crippen LogP contribution in [0, 0.1) is 23.3 Å². The van der Waals surface area contributed by atoms with E-state index in [2.05, 4.69) is 53.2 Å². The van der Waals surface area contributed by atoms with E-state index in [1.807, 2.05) is 4.58 Å². The number of ether oxygens (including phenoxy) is 1. The van der Waals surface area contributed by atoms with Crippen molar-refractivity contribution in [2.24, 2.45) is 16.7 Å². The van der Waals surface area contributed by atoms with Crippen molar-refractivity contribution in [3.8, 4) is 0 Å². The van der Waals surface area contributed by atoms with Crippen LogP contribution in [-0.2, 0) is 9.53 Å². The van der Waals surface area contributed by atoms with E-state index >= 15 is 0 Å². The van der Waals surface area contributed by atoms with Gasteiger partial charge >= 0.3 is 0 Å². The lowest BCUT2D eigenvalue weighted by Gasteiger charge is -2.43. The average Bonchev–Trinajstić information content (AvgIpc) is 2.69. The van der Waals surface area contributed by atoms with Crippen molar-refractivity contribution in [3.05, 3.63) is 6.54 Å². The number of Topliss-reactive ketones (excluding diaryl/α,β-unsaturated/α-hetero) is 1. The first kappa shape index (κ1) is 25.4. The third-order valence-electron chi connectivity index (χ3n) is 7.55. The number of piperidine rings is 1. The van der Waals surface area contributed by atoms with E-state index in [-0.39, 0.29) is 16.9 Å². The molecule has 0 amide bonds. The van der Waals surface area contributed by atoms with Gasteiger partial charge in [0.1, 0.15) is 12.6 Å². The second-order valence-electron chi connectivity index (χ2n) is 10.8. The van der Waals surface area contributed by atoms with Crippen LogP contribution in [0.4, 0.5) is 0 Å². The van der Waals surface area contributed by atoms with Gasteiger partial charge in [-0.25, -0.2) is 0 Å². The van der Waals surface area contributed by atoms with Gasteiger partial charge in [-0.2, -0.15) is 0 Å². The standard InChI is InChI=1S/C26H48N2O2/c1-7-12-26(5,13-9-16-28(6)15-8-2)24(29)23-19-25(4,14-17-30-23)18-22-11-10-21(3)27-20-22/h15,21-23,27H,6-14,16-20H2,1-5H3/t21-,22?,23+,25?,26?/m1/s1. The zero-order valence-corrected chi connectivity index (χ0v) is 20.5. The summed E-state index contributed by atoms with van der Waals surface area (Å²) in [5, 5.41) is 3.65. The Morgan fingerprint density at radius 1 is 1.33 bits per heavy atom. The zero-order chi connectivity index (χ0) is 22.2. The van der Waals surface area contributed by atoms with Crippen LogP contribution >= 0.6 is 0 Å². The summed E-state index contributed by atoms with van der Waals surface area (Å²) in [5.74, 6) is 1.08. The largest absolute Gasteiger partial charge is 0.372 e. The van der Waals surface area contributed by atoms with E-state index < -0.39 is 0 Å². The molecule has 2 heterocycles. The van der Waals surface area contributed by atoms with Crippen molar-refractivity contribution >= 4 is 12.5 Å². The van der Waals surface area contributed by atoms with Crippen molar-refractivity contribution in [1.82, 2.24) is 5.32 Å². The highest BCUT2D eigenvalue weighted by molar-refractivity contribution is 5.88. The van der Waals surface area contributed by atoms with Gasteiger partial charge < -0.3 is 14.6 Å². The Kier molecular flexibility index (Phi) is 9.87. The number of hydrogen-bond donors (Lipinski definition) is 1. The van der Waals surface area contributed by atoms with Crippen LogP contribution in [0.15, 0.2) is 0 Å². The number of nitrogens with zero attached hydrogens (tertiary/aromatic N) is 1. The maximum absolute atomic E-state index is 13.7. The number of ketones is 1. The highest BCUT2D eigenvalue weighted by Gasteiger charge is 2.43. The lowest BCUT2D eigenvalue weighted by Crippen LogP contribution is -2.46. The van der Waals surface area contributed by atoms with Gasteiger partial charge in [-0.1, -0.05) is 34.1 Å². The van der Waals surface area contributed by atoms with Gasteiger partial charge in [-0.3, -0.25) is 4.79 Å². The van der Waals surface area contributed by atoms with Crippen molar-refractivity contribution in [2.75, 3.05) is 19.7 Å². The minimum atomic E-state index is -0.285. The number of carbonyl (C=O) groups is 1. The van der Waals surface area contributed by atoms with Gasteiger partial charge in [-0.15, -0.1) is 0 Å². The van der Waals surface area contributed by atoms with Crippen molar-refractivity contribution in [1.29, 1.82) is 0 Å². The molecule has 0 aromatic rings. The predicted molar refractivity (Wildman–Crippen MR) is 126 cm³/mol. The molecule has 2 aliphatic rings. The average molecular weight is 421 g/mol. The quantitative estimate of drug-likeness (QED) is 0.261. The summed E-state index contributed by atoms with van der Waals surface area (Å²) >= 11 is 0. The summed E-state index contributed by atoms with van der Waals surface area (Å²) in [6.07, 6.45) is 10.4. The first-order valence-corrected chi connectivity index (χ1v) is 12.5. The van der Waals surface area contributed by atoms with E-state index in [4.69, 9.17) is 4.74 Å². The van der Waals surface area contributed by atoms with E-state index in [0.717, 1.165) is 70.6 Å². The van der Waals surface area contributed by atoms with E-state index in [1.165, 1.54) is 19.3 Å². The summed E-state index contributed by atoms with van der Waals surface area (Å²) in [4.78, 5) is 13.7. The van der Waals surface area contributed by atoms with Crippen molar-refractivity contribution < 1.29 is 14.1 Å². The molecule has 0 aliphatic carbocycles. The second-order valence-corrected chi connectivity index (χ2v) is 10.8. The number of rotatable bonds is 12. The Balaban J connectivity index is 1.96. The maximum atomic E-state index is 13.7. The highest BCUT2D eigenvalue weighted by atomic mass is 16.5. The molecule has 4 heteroatoms. The van der Waals surface area contributed by atoms with E-state index in [0.29, 0.717) is 11.8 Å². The molecule has 0 aromatic heterocycles. The third kappa shape index (κ3) is 7.37. The molecule has 0 spiro atoms. The summed E-state index contributed by atoms with van der Waals surface area (Å²) in [7, 11) is 0. The monoisotopic (exact) mass is 420 g/mol. The van der Waals surface area contributed by atoms with Gasteiger partial charge in [0.05, 0.1) is 0 Å². The van der Waals surface area contributed by atoms with E-state index in [9.17, 15) is 4.79 Å². The van der Waals surface area contributed by atoms with Crippen LogP contribution in [0.3, 0.4) is 0 Å². The van der Waals surface area contributed by atoms with Gasteiger partial charge in [0.25, 0.3) is 0 Å². The molecule has 2 rings (SSSR count). The first-order valence-electron chi connectivity index (χ1n) is 12.5. The summed E-state index contributed by atoms with van der Waals surface area (Å²) in [6, 6.07) is 0.650. The molecule has 174 valence electrons. The summed E-state index contributed by atoms with van der Waals surface area (Å²) in [6.45, 7) is 20.1. The molecule has 0 aromatic carbocycles. The van der Waals surface area contributed by atoms with Crippen LogP contribution in [0.1, 0.15) is 98.8 Å². The highest BCUT2D eigenvalue weighted by Crippen LogP contribution is 2.43. The van der Waals surface area contributed by atoms with Crippen LogP contribution in [0.2, 0.25) is 0 Å². The minimum absolute atomic E-state index is 0.221. The summed E-state index contributed by atoms with van der Waals surface area (Å²) < 4.78 is 8.12.